The maximum atomic E-state index is 13.9. The Balaban J connectivity index is 1.46. The molecule has 0 bridgehead atoms. The number of carbonyl (C=O) groups excluding carboxylic acids is 2. The Morgan fingerprint density at radius 1 is 0.978 bits per heavy atom. The molecule has 0 aliphatic carbocycles. The molecule has 16 heteroatoms. The van der Waals surface area contributed by atoms with Crippen molar-refractivity contribution >= 4 is 34.9 Å². The number of hydrogen-bond donors (Lipinski definition) is 1. The van der Waals surface area contributed by atoms with Crippen molar-refractivity contribution in [3.05, 3.63) is 110 Å². The van der Waals surface area contributed by atoms with Crippen LogP contribution in [0.2, 0.25) is 10.0 Å². The summed E-state index contributed by atoms with van der Waals surface area (Å²) in [6.45, 7) is 5.36. The summed E-state index contributed by atoms with van der Waals surface area (Å²) in [4.78, 5) is 36.7. The molecule has 11 nitrogen and oxygen atoms in total. The van der Waals surface area contributed by atoms with E-state index in [2.05, 4.69) is 35.8 Å². The van der Waals surface area contributed by atoms with Gasteiger partial charge in [0, 0.05) is 28.9 Å². The van der Waals surface area contributed by atoms with Crippen molar-refractivity contribution in [1.29, 1.82) is 0 Å². The van der Waals surface area contributed by atoms with Crippen molar-refractivity contribution in [2.75, 3.05) is 0 Å². The summed E-state index contributed by atoms with van der Waals surface area (Å²) in [6, 6.07) is 11.4. The molecule has 0 saturated carbocycles. The number of carbonyl (C=O) groups is 2. The van der Waals surface area contributed by atoms with Gasteiger partial charge in [-0.25, -0.2) is 9.67 Å². The summed E-state index contributed by atoms with van der Waals surface area (Å²) in [7, 11) is 0. The molecule has 1 N–H and O–H groups in total. The number of aromatic nitrogens is 8. The van der Waals surface area contributed by atoms with E-state index in [-0.39, 0.29) is 47.3 Å². The van der Waals surface area contributed by atoms with E-state index < -0.39 is 23.7 Å². The first-order chi connectivity index (χ1) is 21.3. The number of benzene rings is 1. The average Bonchev–Trinajstić information content (AvgIpc) is 3.63. The monoisotopic (exact) mass is 657 g/mol. The molecular formula is C29H24Cl2F3N9O2. The lowest BCUT2D eigenvalue weighted by Crippen LogP contribution is -2.26. The number of aryl methyl sites for hydroxylation is 3. The number of alkyl halides is 3. The van der Waals surface area contributed by atoms with E-state index in [1.165, 1.54) is 23.0 Å². The zero-order valence-electron chi connectivity index (χ0n) is 24.0. The van der Waals surface area contributed by atoms with E-state index >= 15 is 0 Å². The average molecular weight is 658 g/mol. The lowest BCUT2D eigenvalue weighted by Gasteiger charge is -2.14. The van der Waals surface area contributed by atoms with Gasteiger partial charge in [-0.2, -0.15) is 23.1 Å². The van der Waals surface area contributed by atoms with Gasteiger partial charge in [0.1, 0.15) is 12.2 Å². The molecule has 4 aromatic heterocycles. The Morgan fingerprint density at radius 3 is 2.44 bits per heavy atom. The van der Waals surface area contributed by atoms with Gasteiger partial charge >= 0.3 is 6.18 Å². The van der Waals surface area contributed by atoms with Gasteiger partial charge in [-0.1, -0.05) is 29.3 Å². The van der Waals surface area contributed by atoms with Crippen molar-refractivity contribution < 1.29 is 22.8 Å². The first-order valence-electron chi connectivity index (χ1n) is 13.4. The van der Waals surface area contributed by atoms with Gasteiger partial charge in [0.25, 0.3) is 11.7 Å². The molecule has 1 amide bonds. The summed E-state index contributed by atoms with van der Waals surface area (Å²) in [5.41, 5.74) is 3.90. The molecule has 0 spiro atoms. The number of nitrogens with one attached hydrogen (secondary N) is 1. The zero-order valence-corrected chi connectivity index (χ0v) is 25.5. The molecule has 1 aromatic carbocycles. The van der Waals surface area contributed by atoms with Gasteiger partial charge in [0.05, 0.1) is 23.0 Å². The van der Waals surface area contributed by atoms with Gasteiger partial charge in [-0.3, -0.25) is 14.6 Å². The first-order valence-corrected chi connectivity index (χ1v) is 14.1. The molecule has 0 fully saturated rings. The Bertz CT molecular complexity index is 1920. The molecule has 4 heterocycles. The number of ketones is 1. The normalized spacial score (nSPS) is 11.6. The Labute approximate surface area is 264 Å². The fourth-order valence-corrected chi connectivity index (χ4v) is 4.95. The fraction of sp³-hybridized carbons (Fsp3) is 0.241. The molecule has 5 aromatic rings. The number of halogens is 5. The van der Waals surface area contributed by atoms with Crippen molar-refractivity contribution in [1.82, 2.24) is 45.3 Å². The predicted octanol–water partition coefficient (Wildman–Crippen LogP) is 5.30. The van der Waals surface area contributed by atoms with Crippen LogP contribution in [0.5, 0.6) is 0 Å². The lowest BCUT2D eigenvalue weighted by atomic mass is 9.95. The highest BCUT2D eigenvalue weighted by atomic mass is 35.5. The quantitative estimate of drug-likeness (QED) is 0.211. The topological polar surface area (TPSA) is 133 Å². The Kier molecular flexibility index (Phi) is 8.98. The Morgan fingerprint density at radius 2 is 1.76 bits per heavy atom. The van der Waals surface area contributed by atoms with E-state index in [1.54, 1.807) is 25.1 Å². The van der Waals surface area contributed by atoms with E-state index in [0.29, 0.717) is 26.6 Å². The van der Waals surface area contributed by atoms with Crippen molar-refractivity contribution in [3.8, 4) is 5.82 Å². The molecule has 232 valence electrons. The minimum atomic E-state index is -4.78. The molecule has 0 saturated heterocycles. The number of amides is 1. The molecular weight excluding hydrogens is 634 g/mol. The predicted molar refractivity (Wildman–Crippen MR) is 157 cm³/mol. The molecule has 0 aliphatic heterocycles. The number of nitrogens with zero attached hydrogens (tertiary/aromatic N) is 8. The number of pyridine rings is 2. The third-order valence-corrected chi connectivity index (χ3v) is 7.37. The van der Waals surface area contributed by atoms with Crippen LogP contribution in [0.3, 0.4) is 0 Å². The van der Waals surface area contributed by atoms with Crippen LogP contribution in [0.15, 0.2) is 48.7 Å². The smallest absolute Gasteiger partial charge is 0.346 e. The van der Waals surface area contributed by atoms with Crippen LogP contribution < -0.4 is 5.32 Å². The largest absolute Gasteiger partial charge is 0.455 e. The fourth-order valence-electron chi connectivity index (χ4n) is 4.48. The van der Waals surface area contributed by atoms with Crippen molar-refractivity contribution in [2.45, 2.75) is 46.5 Å². The maximum absolute atomic E-state index is 13.9. The highest BCUT2D eigenvalue weighted by Crippen LogP contribution is 2.27. The zero-order chi connectivity index (χ0) is 32.5. The van der Waals surface area contributed by atoms with Crippen LogP contribution in [0.4, 0.5) is 13.2 Å². The van der Waals surface area contributed by atoms with Gasteiger partial charge in [-0.05, 0) is 79.1 Å². The molecule has 0 atom stereocenters. The molecule has 0 radical (unpaired) electrons. The third kappa shape index (κ3) is 7.18. The van der Waals surface area contributed by atoms with Crippen LogP contribution >= 0.6 is 23.2 Å². The number of rotatable bonds is 9. The molecule has 45 heavy (non-hydrogen) atoms. The van der Waals surface area contributed by atoms with Crippen LogP contribution in [-0.4, -0.2) is 51.6 Å². The Hall–Kier alpha value is -4.69. The summed E-state index contributed by atoms with van der Waals surface area (Å²) >= 11 is 12.7. The van der Waals surface area contributed by atoms with E-state index in [0.717, 1.165) is 11.3 Å². The third-order valence-electron chi connectivity index (χ3n) is 6.85. The minimum absolute atomic E-state index is 0.0156. The summed E-state index contributed by atoms with van der Waals surface area (Å²) in [5.74, 6) is -2.23. The van der Waals surface area contributed by atoms with Gasteiger partial charge < -0.3 is 5.32 Å². The van der Waals surface area contributed by atoms with E-state index in [1.807, 2.05) is 26.0 Å². The van der Waals surface area contributed by atoms with Crippen LogP contribution in [0, 0.1) is 20.8 Å². The van der Waals surface area contributed by atoms with Crippen molar-refractivity contribution in [3.63, 3.8) is 0 Å². The van der Waals surface area contributed by atoms with Gasteiger partial charge in [-0.15, -0.1) is 10.2 Å². The molecule has 0 aliphatic rings. The standard InChI is InChI=1S/C29H24Cl2F3N9O2/c1-15-6-7-19(37-17(15)3)13-36-27(45)22-10-18(30)9-16(2)21(22)12-25(44)24-11-20(14-42-40-28(38-41-42)29(32,33)34)39-43(24)26-23(31)5-4-8-35-26/h4-11H,12-14H2,1-3H3,(H,36,45). The minimum Gasteiger partial charge on any atom is -0.346 e. The highest BCUT2D eigenvalue weighted by molar-refractivity contribution is 6.32. The lowest BCUT2D eigenvalue weighted by molar-refractivity contribution is -0.145. The second kappa shape index (κ2) is 12.7. The van der Waals surface area contributed by atoms with Crippen molar-refractivity contribution in [2.24, 2.45) is 0 Å². The molecule has 5 rings (SSSR count). The highest BCUT2D eigenvalue weighted by Gasteiger charge is 2.37. The van der Waals surface area contributed by atoms with E-state index in [4.69, 9.17) is 23.2 Å². The SMILES string of the molecule is Cc1ccc(CNC(=O)c2cc(Cl)cc(C)c2CC(=O)c2cc(Cn3nnc(C(F)(F)F)n3)nn2-c2ncccc2Cl)nc1C. The van der Waals surface area contributed by atoms with Gasteiger partial charge in [0.15, 0.2) is 11.6 Å². The molecule has 0 unspecified atom stereocenters. The van der Waals surface area contributed by atoms with Crippen LogP contribution in [0.1, 0.15) is 60.4 Å². The first kappa shape index (κ1) is 31.7. The maximum Gasteiger partial charge on any atom is 0.455 e. The number of tetrazole rings is 1. The number of Topliss-reactive ketones (excluding diaryl/α,β-unsaturated/α-hetero) is 1. The number of hydrogen-bond acceptors (Lipinski definition) is 8. The second-order valence-electron chi connectivity index (χ2n) is 10.1. The van der Waals surface area contributed by atoms with Crippen LogP contribution in [-0.2, 0) is 25.7 Å². The summed E-state index contributed by atoms with van der Waals surface area (Å²) in [6.07, 6.45) is -3.58. The van der Waals surface area contributed by atoms with Crippen LogP contribution in [0.25, 0.3) is 5.82 Å². The van der Waals surface area contributed by atoms with Gasteiger partial charge in [0.2, 0.25) is 0 Å². The summed E-state index contributed by atoms with van der Waals surface area (Å²) in [5, 5.41) is 17.5. The second-order valence-corrected chi connectivity index (χ2v) is 11.0. The van der Waals surface area contributed by atoms with E-state index in [9.17, 15) is 22.8 Å². The summed E-state index contributed by atoms with van der Waals surface area (Å²) < 4.78 is 40.2.